The van der Waals surface area contributed by atoms with E-state index in [-0.39, 0.29) is 5.91 Å². The molecule has 192 valence electrons. The number of amides is 1. The Morgan fingerprint density at radius 2 is 1.92 bits per heavy atom. The van der Waals surface area contributed by atoms with E-state index in [1.165, 1.54) is 25.9 Å². The summed E-state index contributed by atoms with van der Waals surface area (Å²) in [5.41, 5.74) is 3.97. The molecular formula is C29H33N5O3. The number of ether oxygens (including phenoxy) is 2. The molecule has 0 atom stereocenters. The Labute approximate surface area is 217 Å². The number of benzene rings is 2. The highest BCUT2D eigenvalue weighted by Crippen LogP contribution is 2.27. The number of aromatic nitrogens is 2. The largest absolute Gasteiger partial charge is 0.493 e. The van der Waals surface area contributed by atoms with Crippen LogP contribution in [0.4, 0.5) is 11.6 Å². The summed E-state index contributed by atoms with van der Waals surface area (Å²) >= 11 is 0. The van der Waals surface area contributed by atoms with Crippen molar-refractivity contribution in [2.45, 2.75) is 25.9 Å². The zero-order valence-electron chi connectivity index (χ0n) is 21.0. The van der Waals surface area contributed by atoms with Crippen molar-refractivity contribution in [3.05, 3.63) is 78.0 Å². The van der Waals surface area contributed by atoms with Crippen LogP contribution in [0.3, 0.4) is 0 Å². The molecule has 0 unspecified atom stereocenters. The van der Waals surface area contributed by atoms with Crippen molar-refractivity contribution in [1.82, 2.24) is 20.2 Å². The Hall–Kier alpha value is -3.75. The monoisotopic (exact) mass is 499 g/mol. The van der Waals surface area contributed by atoms with Crippen molar-refractivity contribution in [1.29, 1.82) is 0 Å². The van der Waals surface area contributed by atoms with Crippen LogP contribution < -0.4 is 15.4 Å². The molecule has 6 bridgehead atoms. The smallest absolute Gasteiger partial charge is 0.251 e. The number of nitrogens with one attached hydrogen (secondary N) is 2. The van der Waals surface area contributed by atoms with Crippen LogP contribution in [0.25, 0.3) is 11.3 Å². The van der Waals surface area contributed by atoms with Crippen LogP contribution in [-0.4, -0.2) is 60.2 Å². The van der Waals surface area contributed by atoms with E-state index in [1.54, 1.807) is 12.3 Å². The Bertz CT molecular complexity index is 1240. The second-order valence-corrected chi connectivity index (χ2v) is 9.24. The number of hydrogen-bond acceptors (Lipinski definition) is 7. The standard InChI is InChI=1S/C29H33N5O3/c35-28-23-8-5-7-22(19-23)26-11-13-31-29(33-26)32-25-9-10-27(37-18-6-16-34-14-2-3-15-34)24(20-25)21-36-17-4-1-12-30-28/h1,4-5,7-11,13,19-20H,2-3,6,12,14-18,21H2,(H,30,35)(H,31,32,33)/b4-1+. The first-order valence-electron chi connectivity index (χ1n) is 12.9. The molecule has 1 saturated heterocycles. The van der Waals surface area contributed by atoms with Crippen molar-refractivity contribution >= 4 is 17.5 Å². The molecule has 8 heteroatoms. The number of anilines is 2. The number of nitrogens with zero attached hydrogens (tertiary/aromatic N) is 3. The number of hydrogen-bond donors (Lipinski definition) is 2. The maximum absolute atomic E-state index is 12.6. The van der Waals surface area contributed by atoms with E-state index in [9.17, 15) is 4.79 Å². The van der Waals surface area contributed by atoms with Gasteiger partial charge in [-0.15, -0.1) is 0 Å². The minimum Gasteiger partial charge on any atom is -0.493 e. The molecule has 3 heterocycles. The average Bonchev–Trinajstić information content (AvgIpc) is 3.45. The second kappa shape index (κ2) is 12.5. The summed E-state index contributed by atoms with van der Waals surface area (Å²) in [5.74, 6) is 1.16. The fraction of sp³-hybridized carbons (Fsp3) is 0.345. The molecule has 2 aliphatic heterocycles. The maximum Gasteiger partial charge on any atom is 0.251 e. The van der Waals surface area contributed by atoms with Crippen LogP contribution in [0.1, 0.15) is 35.2 Å². The third-order valence-corrected chi connectivity index (χ3v) is 6.49. The first-order chi connectivity index (χ1) is 18.2. The van der Waals surface area contributed by atoms with Crippen LogP contribution >= 0.6 is 0 Å². The van der Waals surface area contributed by atoms with Crippen molar-refractivity contribution in [2.75, 3.05) is 44.7 Å². The summed E-state index contributed by atoms with van der Waals surface area (Å²) in [6.45, 7) is 5.40. The average molecular weight is 500 g/mol. The van der Waals surface area contributed by atoms with Gasteiger partial charge in [0.25, 0.3) is 5.91 Å². The molecule has 0 saturated carbocycles. The first kappa shape index (κ1) is 24.9. The lowest BCUT2D eigenvalue weighted by Gasteiger charge is -2.16. The molecular weight excluding hydrogens is 466 g/mol. The zero-order chi connectivity index (χ0) is 25.3. The Kier molecular flexibility index (Phi) is 8.40. The number of carbonyl (C=O) groups excluding carboxylic acids is 1. The fourth-order valence-corrected chi connectivity index (χ4v) is 4.56. The van der Waals surface area contributed by atoms with Gasteiger partial charge in [0.05, 0.1) is 25.5 Å². The molecule has 3 aromatic rings. The molecule has 37 heavy (non-hydrogen) atoms. The molecule has 2 N–H and O–H groups in total. The molecule has 0 spiro atoms. The molecule has 1 amide bonds. The third-order valence-electron chi connectivity index (χ3n) is 6.49. The summed E-state index contributed by atoms with van der Waals surface area (Å²) in [5, 5.41) is 6.22. The van der Waals surface area contributed by atoms with E-state index in [0.29, 0.717) is 37.9 Å². The topological polar surface area (TPSA) is 88.6 Å². The van der Waals surface area contributed by atoms with Gasteiger partial charge in [0.1, 0.15) is 5.75 Å². The third kappa shape index (κ3) is 6.93. The van der Waals surface area contributed by atoms with Gasteiger partial charge in [0, 0.05) is 41.7 Å². The van der Waals surface area contributed by atoms with Crippen molar-refractivity contribution in [2.24, 2.45) is 0 Å². The summed E-state index contributed by atoms with van der Waals surface area (Å²) in [6, 6.07) is 15.2. The van der Waals surface area contributed by atoms with Crippen LogP contribution in [0, 0.1) is 0 Å². The number of fused-ring (bicyclic) bond motifs is 7. The van der Waals surface area contributed by atoms with E-state index in [2.05, 4.69) is 25.5 Å². The molecule has 0 radical (unpaired) electrons. The molecule has 2 aliphatic rings. The predicted molar refractivity (Wildman–Crippen MR) is 144 cm³/mol. The van der Waals surface area contributed by atoms with Crippen LogP contribution in [0.5, 0.6) is 5.75 Å². The normalized spacial score (nSPS) is 17.2. The number of rotatable bonds is 5. The minimum absolute atomic E-state index is 0.137. The van der Waals surface area contributed by atoms with Gasteiger partial charge in [-0.2, -0.15) is 0 Å². The van der Waals surface area contributed by atoms with Crippen molar-refractivity contribution in [3.63, 3.8) is 0 Å². The van der Waals surface area contributed by atoms with Crippen LogP contribution in [-0.2, 0) is 11.3 Å². The van der Waals surface area contributed by atoms with Gasteiger partial charge in [-0.25, -0.2) is 9.97 Å². The molecule has 5 rings (SSSR count). The first-order valence-corrected chi connectivity index (χ1v) is 12.9. The van der Waals surface area contributed by atoms with Gasteiger partial charge in [-0.1, -0.05) is 24.3 Å². The SMILES string of the molecule is O=C1NC/C=C/COCc2cc(ccc2OCCCN2CCCC2)Nc2nccc(n2)-c2cccc1c2. The van der Waals surface area contributed by atoms with E-state index >= 15 is 0 Å². The molecule has 2 aromatic carbocycles. The maximum atomic E-state index is 12.6. The summed E-state index contributed by atoms with van der Waals surface area (Å²) in [7, 11) is 0. The quantitative estimate of drug-likeness (QED) is 0.393. The van der Waals surface area contributed by atoms with Gasteiger partial charge < -0.3 is 25.0 Å². The van der Waals surface area contributed by atoms with Crippen LogP contribution in [0.15, 0.2) is 66.9 Å². The fourth-order valence-electron chi connectivity index (χ4n) is 4.56. The molecule has 0 aliphatic carbocycles. The van der Waals surface area contributed by atoms with Gasteiger partial charge >= 0.3 is 0 Å². The van der Waals surface area contributed by atoms with E-state index in [0.717, 1.165) is 41.2 Å². The van der Waals surface area contributed by atoms with Gasteiger partial charge in [-0.3, -0.25) is 4.79 Å². The van der Waals surface area contributed by atoms with Gasteiger partial charge in [-0.05, 0) is 68.8 Å². The summed E-state index contributed by atoms with van der Waals surface area (Å²) < 4.78 is 12.1. The van der Waals surface area contributed by atoms with E-state index in [4.69, 9.17) is 9.47 Å². The number of carbonyl (C=O) groups is 1. The van der Waals surface area contributed by atoms with Crippen LogP contribution in [0.2, 0.25) is 0 Å². The predicted octanol–water partition coefficient (Wildman–Crippen LogP) is 4.57. The Balaban J connectivity index is 1.35. The van der Waals surface area contributed by atoms with Gasteiger partial charge in [0.2, 0.25) is 5.95 Å². The second-order valence-electron chi connectivity index (χ2n) is 9.24. The lowest BCUT2D eigenvalue weighted by atomic mass is 10.1. The highest BCUT2D eigenvalue weighted by molar-refractivity contribution is 5.95. The highest BCUT2D eigenvalue weighted by atomic mass is 16.5. The minimum atomic E-state index is -0.137. The Morgan fingerprint density at radius 1 is 1.03 bits per heavy atom. The molecule has 1 fully saturated rings. The number of likely N-dealkylation sites (tertiary alicyclic amines) is 1. The van der Waals surface area contributed by atoms with Gasteiger partial charge in [0.15, 0.2) is 0 Å². The Morgan fingerprint density at radius 3 is 2.84 bits per heavy atom. The summed E-state index contributed by atoms with van der Waals surface area (Å²) in [6.07, 6.45) is 9.12. The highest BCUT2D eigenvalue weighted by Gasteiger charge is 2.12. The summed E-state index contributed by atoms with van der Waals surface area (Å²) in [4.78, 5) is 24.2. The lowest BCUT2D eigenvalue weighted by molar-refractivity contribution is 0.0957. The van der Waals surface area contributed by atoms with Crippen molar-refractivity contribution < 1.29 is 14.3 Å². The lowest BCUT2D eigenvalue weighted by Crippen LogP contribution is -2.23. The van der Waals surface area contributed by atoms with Crippen molar-refractivity contribution in [3.8, 4) is 17.0 Å². The molecule has 1 aromatic heterocycles. The van der Waals surface area contributed by atoms with E-state index in [1.807, 2.05) is 54.6 Å². The zero-order valence-corrected chi connectivity index (χ0v) is 21.0. The van der Waals surface area contributed by atoms with E-state index < -0.39 is 0 Å². The molecule has 8 nitrogen and oxygen atoms in total.